The molecule has 0 aliphatic rings. The summed E-state index contributed by atoms with van der Waals surface area (Å²) >= 11 is 0. The largest absolute Gasteiger partial charge is 0.198 e. The van der Waals surface area contributed by atoms with Gasteiger partial charge < -0.3 is 0 Å². The van der Waals surface area contributed by atoms with Gasteiger partial charge in [-0.15, -0.1) is 0 Å². The summed E-state index contributed by atoms with van der Waals surface area (Å²) in [6.07, 6.45) is 4.13. The van der Waals surface area contributed by atoms with Crippen molar-refractivity contribution in [2.24, 2.45) is 0 Å². The minimum Gasteiger partial charge on any atom is -0.198 e. The highest BCUT2D eigenvalue weighted by Gasteiger charge is 2.31. The van der Waals surface area contributed by atoms with Crippen LogP contribution in [0.4, 0.5) is 0 Å². The van der Waals surface area contributed by atoms with Gasteiger partial charge in [-0.3, -0.25) is 0 Å². The molecule has 0 heterocycles. The van der Waals surface area contributed by atoms with Crippen molar-refractivity contribution >= 4 is 18.0 Å². The van der Waals surface area contributed by atoms with Crippen molar-refractivity contribution in [3.05, 3.63) is 48.0 Å². The number of hydrogen-bond donors (Lipinski definition) is 0. The summed E-state index contributed by atoms with van der Waals surface area (Å²) in [6, 6.07) is 19.4. The van der Waals surface area contributed by atoms with E-state index in [9.17, 15) is 0 Å². The zero-order chi connectivity index (χ0) is 15.1. The predicted molar refractivity (Wildman–Crippen MR) is 90.7 cm³/mol. The fourth-order valence-electron chi connectivity index (χ4n) is 2.75. The Labute approximate surface area is 127 Å². The molecule has 0 aliphatic heterocycles. The molecule has 0 amide bonds. The van der Waals surface area contributed by atoms with E-state index in [1.165, 1.54) is 16.3 Å². The molecule has 0 unspecified atom stereocenters. The number of nitrogens with zero attached hydrogens (tertiary/aromatic N) is 2. The van der Waals surface area contributed by atoms with Gasteiger partial charge in [0.1, 0.15) is 0 Å². The van der Waals surface area contributed by atoms with Gasteiger partial charge in [0.25, 0.3) is 0 Å². The van der Waals surface area contributed by atoms with Crippen LogP contribution in [0.3, 0.4) is 0 Å². The van der Waals surface area contributed by atoms with E-state index in [0.717, 1.165) is 18.5 Å². The molecule has 0 aromatic heterocycles. The summed E-state index contributed by atoms with van der Waals surface area (Å²) in [7, 11) is -1.27. The monoisotopic (exact) mass is 295 g/mol. The molecule has 106 valence electrons. The quantitative estimate of drug-likeness (QED) is 0.718. The van der Waals surface area contributed by atoms with Crippen molar-refractivity contribution < 1.29 is 0 Å². The second kappa shape index (κ2) is 7.21. The van der Waals surface area contributed by atoms with Gasteiger partial charge in [0.05, 0.1) is 43.5 Å². The van der Waals surface area contributed by atoms with E-state index < -0.39 is 7.26 Å². The number of rotatable bonds is 6. The molecule has 0 atom stereocenters. The Balaban J connectivity index is 2.30. The molecule has 0 aliphatic carbocycles. The molecule has 0 spiro atoms. The molecule has 21 heavy (non-hydrogen) atoms. The molecule has 2 rings (SSSR count). The average Bonchev–Trinajstić information content (AvgIpc) is 2.52. The van der Waals surface area contributed by atoms with Crippen LogP contribution in [0.15, 0.2) is 42.5 Å². The van der Waals surface area contributed by atoms with Gasteiger partial charge in [0.15, 0.2) is 0 Å². The van der Waals surface area contributed by atoms with Crippen molar-refractivity contribution in [1.29, 1.82) is 10.5 Å². The average molecular weight is 295 g/mol. The fraction of sp³-hybridized carbons (Fsp3) is 0.333. The van der Waals surface area contributed by atoms with Crippen LogP contribution in [-0.2, 0) is 6.16 Å². The van der Waals surface area contributed by atoms with Crippen LogP contribution < -0.4 is 0 Å². The smallest absolute Gasteiger partial charge is 0.0846 e. The summed E-state index contributed by atoms with van der Waals surface area (Å²) < 4.78 is 0. The molecule has 0 bridgehead atoms. The summed E-state index contributed by atoms with van der Waals surface area (Å²) in [5, 5.41) is 20.4. The zero-order valence-corrected chi connectivity index (χ0v) is 13.3. The Bertz CT molecular complexity index is 671. The van der Waals surface area contributed by atoms with E-state index in [1.54, 1.807) is 0 Å². The highest BCUT2D eigenvalue weighted by Crippen LogP contribution is 2.59. The first kappa shape index (κ1) is 15.5. The van der Waals surface area contributed by atoms with Crippen molar-refractivity contribution in [1.82, 2.24) is 0 Å². The highest BCUT2D eigenvalue weighted by atomic mass is 31.2. The SMILES string of the molecule is C[P+](CCC#N)(CCC#N)Cc1cccc2ccccc12. The second-order valence-electron chi connectivity index (χ2n) is 5.68. The molecule has 2 aromatic carbocycles. The first-order valence-corrected chi connectivity index (χ1v) is 10.0. The molecule has 2 nitrogen and oxygen atoms in total. The third-order valence-corrected chi connectivity index (χ3v) is 7.67. The topological polar surface area (TPSA) is 47.6 Å². The zero-order valence-electron chi connectivity index (χ0n) is 12.4. The summed E-state index contributed by atoms with van der Waals surface area (Å²) in [6.45, 7) is 2.31. The Morgan fingerprint density at radius 1 is 0.905 bits per heavy atom. The number of fused-ring (bicyclic) bond motifs is 1. The molecular weight excluding hydrogens is 275 g/mol. The highest BCUT2D eigenvalue weighted by molar-refractivity contribution is 7.74. The van der Waals surface area contributed by atoms with E-state index in [4.69, 9.17) is 10.5 Å². The maximum atomic E-state index is 8.90. The van der Waals surface area contributed by atoms with E-state index in [2.05, 4.69) is 61.3 Å². The first-order chi connectivity index (χ1) is 10.2. The third kappa shape index (κ3) is 4.04. The Morgan fingerprint density at radius 3 is 2.19 bits per heavy atom. The van der Waals surface area contributed by atoms with Crippen LogP contribution in [-0.4, -0.2) is 19.0 Å². The minimum absolute atomic E-state index is 0.598. The molecule has 0 N–H and O–H groups in total. The second-order valence-corrected chi connectivity index (χ2v) is 10.1. The van der Waals surface area contributed by atoms with Crippen molar-refractivity contribution in [3.63, 3.8) is 0 Å². The number of nitriles is 2. The molecule has 0 saturated heterocycles. The lowest BCUT2D eigenvalue weighted by Crippen LogP contribution is -2.05. The lowest BCUT2D eigenvalue weighted by atomic mass is 10.1. The van der Waals surface area contributed by atoms with Crippen LogP contribution in [0.5, 0.6) is 0 Å². The van der Waals surface area contributed by atoms with Crippen molar-refractivity contribution in [2.75, 3.05) is 19.0 Å². The Hall–Kier alpha value is -1.89. The molecular formula is C18H20N2P+. The summed E-state index contributed by atoms with van der Waals surface area (Å²) in [5.41, 5.74) is 1.36. The van der Waals surface area contributed by atoms with Crippen LogP contribution in [0.2, 0.25) is 0 Å². The lowest BCUT2D eigenvalue weighted by molar-refractivity contribution is 1.14. The van der Waals surface area contributed by atoms with Gasteiger partial charge in [-0.2, -0.15) is 10.5 Å². The summed E-state index contributed by atoms with van der Waals surface area (Å²) in [4.78, 5) is 0. The molecule has 2 aromatic rings. The fourth-order valence-corrected chi connectivity index (χ4v) is 5.67. The van der Waals surface area contributed by atoms with E-state index in [1.807, 2.05) is 0 Å². The van der Waals surface area contributed by atoms with E-state index in [0.29, 0.717) is 12.8 Å². The van der Waals surface area contributed by atoms with Gasteiger partial charge >= 0.3 is 0 Å². The van der Waals surface area contributed by atoms with Crippen LogP contribution in [0.1, 0.15) is 18.4 Å². The number of benzene rings is 2. The van der Waals surface area contributed by atoms with Crippen LogP contribution in [0, 0.1) is 22.7 Å². The minimum atomic E-state index is -1.27. The van der Waals surface area contributed by atoms with E-state index in [-0.39, 0.29) is 0 Å². The van der Waals surface area contributed by atoms with Gasteiger partial charge in [-0.25, -0.2) is 0 Å². The Morgan fingerprint density at radius 2 is 1.52 bits per heavy atom. The Kier molecular flexibility index (Phi) is 5.32. The van der Waals surface area contributed by atoms with Crippen LogP contribution >= 0.6 is 7.26 Å². The molecule has 0 radical (unpaired) electrons. The van der Waals surface area contributed by atoms with E-state index >= 15 is 0 Å². The van der Waals surface area contributed by atoms with Crippen LogP contribution in [0.25, 0.3) is 10.8 Å². The van der Waals surface area contributed by atoms with Gasteiger partial charge in [0, 0.05) is 13.9 Å². The summed E-state index contributed by atoms with van der Waals surface area (Å²) in [5.74, 6) is 0. The molecule has 0 fully saturated rings. The third-order valence-electron chi connectivity index (χ3n) is 3.96. The lowest BCUT2D eigenvalue weighted by Gasteiger charge is -2.22. The maximum Gasteiger partial charge on any atom is 0.0846 e. The van der Waals surface area contributed by atoms with Crippen molar-refractivity contribution in [2.45, 2.75) is 19.0 Å². The molecule has 3 heteroatoms. The maximum absolute atomic E-state index is 8.90. The first-order valence-electron chi connectivity index (χ1n) is 7.23. The van der Waals surface area contributed by atoms with Gasteiger partial charge in [-0.1, -0.05) is 42.5 Å². The van der Waals surface area contributed by atoms with Gasteiger partial charge in [0.2, 0.25) is 0 Å². The standard InChI is InChI=1S/C18H20N2P/c1-21(13-5-11-19,14-6-12-20)15-17-9-4-8-16-7-2-3-10-18(16)17/h2-4,7-10H,5-6,13-15H2,1H3/q+1. The number of hydrogen-bond acceptors (Lipinski definition) is 2. The van der Waals surface area contributed by atoms with Crippen molar-refractivity contribution in [3.8, 4) is 12.1 Å². The molecule has 0 saturated carbocycles. The van der Waals surface area contributed by atoms with Gasteiger partial charge in [-0.05, 0) is 16.3 Å². The predicted octanol–water partition coefficient (Wildman–Crippen LogP) is 4.81. The normalized spacial score (nSPS) is 11.0.